The number of hydrogen-bond donors (Lipinski definition) is 1. The third kappa shape index (κ3) is 2.83. The first kappa shape index (κ1) is 14.2. The van der Waals surface area contributed by atoms with Gasteiger partial charge in [-0.3, -0.25) is 0 Å². The first-order valence-corrected chi connectivity index (χ1v) is 8.66. The number of aromatic nitrogens is 2. The average molecular weight is 310 g/mol. The van der Waals surface area contributed by atoms with Crippen molar-refractivity contribution < 1.29 is 0 Å². The maximum absolute atomic E-state index is 6.14. The molecule has 0 amide bonds. The minimum absolute atomic E-state index is 0.393. The van der Waals surface area contributed by atoms with Gasteiger partial charge in [0.1, 0.15) is 5.82 Å². The summed E-state index contributed by atoms with van der Waals surface area (Å²) in [6.07, 6.45) is 0.984. The molecule has 1 atom stereocenters. The molecule has 3 rings (SSSR count). The molecule has 20 heavy (non-hydrogen) atoms. The van der Waals surface area contributed by atoms with Gasteiger partial charge in [-0.1, -0.05) is 11.6 Å². The van der Waals surface area contributed by atoms with E-state index < -0.39 is 0 Å². The molecule has 1 aromatic carbocycles. The molecule has 0 spiro atoms. The Kier molecular flexibility index (Phi) is 4.24. The van der Waals surface area contributed by atoms with Crippen LogP contribution in [0.25, 0.3) is 11.0 Å². The molecule has 1 fully saturated rings. The Morgan fingerprint density at radius 2 is 2.35 bits per heavy atom. The van der Waals surface area contributed by atoms with Gasteiger partial charge in [-0.2, -0.15) is 11.8 Å². The lowest BCUT2D eigenvalue weighted by atomic mass is 10.2. The molecule has 1 unspecified atom stereocenters. The van der Waals surface area contributed by atoms with Gasteiger partial charge in [-0.05, 0) is 32.0 Å². The number of thioether (sulfide) groups is 1. The predicted octanol–water partition coefficient (Wildman–Crippen LogP) is 3.52. The highest BCUT2D eigenvalue weighted by atomic mass is 35.5. The third-order valence-electron chi connectivity index (χ3n) is 3.67. The van der Waals surface area contributed by atoms with E-state index in [0.29, 0.717) is 12.1 Å². The van der Waals surface area contributed by atoms with Gasteiger partial charge in [0.25, 0.3) is 0 Å². The summed E-state index contributed by atoms with van der Waals surface area (Å²) in [5.41, 5.74) is 2.19. The van der Waals surface area contributed by atoms with Crippen LogP contribution in [0.3, 0.4) is 0 Å². The quantitative estimate of drug-likeness (QED) is 0.941. The Balaban J connectivity index is 1.98. The van der Waals surface area contributed by atoms with Crippen LogP contribution in [-0.4, -0.2) is 33.6 Å². The van der Waals surface area contributed by atoms with Crippen molar-refractivity contribution >= 4 is 34.4 Å². The highest BCUT2D eigenvalue weighted by Crippen LogP contribution is 2.25. The van der Waals surface area contributed by atoms with Crippen molar-refractivity contribution in [1.82, 2.24) is 14.9 Å². The van der Waals surface area contributed by atoms with Crippen LogP contribution in [-0.2, 0) is 6.42 Å². The molecule has 3 nitrogen and oxygen atoms in total. The van der Waals surface area contributed by atoms with Crippen molar-refractivity contribution in [3.63, 3.8) is 0 Å². The number of halogens is 1. The van der Waals surface area contributed by atoms with E-state index >= 15 is 0 Å². The number of fused-ring (bicyclic) bond motifs is 1. The van der Waals surface area contributed by atoms with Crippen molar-refractivity contribution in [2.24, 2.45) is 0 Å². The van der Waals surface area contributed by atoms with E-state index in [0.717, 1.165) is 34.8 Å². The molecule has 2 aromatic rings. The molecule has 0 radical (unpaired) electrons. The summed E-state index contributed by atoms with van der Waals surface area (Å²) in [5, 5.41) is 4.36. The summed E-state index contributed by atoms with van der Waals surface area (Å²) in [4.78, 5) is 4.82. The Morgan fingerprint density at radius 1 is 1.50 bits per heavy atom. The Labute approximate surface area is 129 Å². The lowest BCUT2D eigenvalue weighted by Gasteiger charge is -2.23. The molecular formula is C15H20ClN3S. The monoisotopic (exact) mass is 309 g/mol. The van der Waals surface area contributed by atoms with Crippen molar-refractivity contribution in [3.8, 4) is 0 Å². The van der Waals surface area contributed by atoms with Crippen molar-refractivity contribution in [1.29, 1.82) is 0 Å². The van der Waals surface area contributed by atoms with Crippen LogP contribution >= 0.6 is 23.4 Å². The fourth-order valence-corrected chi connectivity index (χ4v) is 3.92. The maximum atomic E-state index is 6.14. The standard InChI is InChI=1S/C15H20ClN3S/c1-10(2)19-14-7-11(16)3-4-13(14)18-15(19)8-12-9-20-6-5-17-12/h3-4,7,10,12,17H,5-6,8-9H2,1-2H3. The molecule has 1 N–H and O–H groups in total. The van der Waals surface area contributed by atoms with Gasteiger partial charge in [-0.15, -0.1) is 0 Å². The Bertz CT molecular complexity index is 602. The molecule has 1 aliphatic heterocycles. The summed E-state index contributed by atoms with van der Waals surface area (Å²) in [7, 11) is 0. The lowest BCUT2D eigenvalue weighted by molar-refractivity contribution is 0.514. The van der Waals surface area contributed by atoms with Crippen LogP contribution in [0.4, 0.5) is 0 Å². The predicted molar refractivity (Wildman–Crippen MR) is 87.9 cm³/mol. The number of benzene rings is 1. The molecule has 0 aliphatic carbocycles. The van der Waals surface area contributed by atoms with E-state index in [-0.39, 0.29) is 0 Å². The van der Waals surface area contributed by atoms with E-state index in [4.69, 9.17) is 16.6 Å². The minimum atomic E-state index is 0.393. The molecule has 0 bridgehead atoms. The van der Waals surface area contributed by atoms with E-state index in [1.165, 1.54) is 11.5 Å². The van der Waals surface area contributed by atoms with Crippen molar-refractivity contribution in [2.45, 2.75) is 32.4 Å². The topological polar surface area (TPSA) is 29.9 Å². The largest absolute Gasteiger partial charge is 0.325 e. The minimum Gasteiger partial charge on any atom is -0.325 e. The molecule has 108 valence electrons. The summed E-state index contributed by atoms with van der Waals surface area (Å²) in [6.45, 7) is 5.51. The zero-order valence-corrected chi connectivity index (χ0v) is 13.5. The zero-order valence-electron chi connectivity index (χ0n) is 11.9. The van der Waals surface area contributed by atoms with Crippen molar-refractivity contribution in [2.75, 3.05) is 18.1 Å². The highest BCUT2D eigenvalue weighted by molar-refractivity contribution is 7.99. The summed E-state index contributed by atoms with van der Waals surface area (Å²) in [5.74, 6) is 3.55. The molecule has 2 heterocycles. The molecule has 1 aliphatic rings. The Morgan fingerprint density at radius 3 is 3.05 bits per heavy atom. The smallest absolute Gasteiger partial charge is 0.111 e. The number of nitrogens with one attached hydrogen (secondary N) is 1. The second-order valence-electron chi connectivity index (χ2n) is 5.55. The van der Waals surface area contributed by atoms with E-state index in [2.05, 4.69) is 23.7 Å². The van der Waals surface area contributed by atoms with Gasteiger partial charge in [0.05, 0.1) is 11.0 Å². The average Bonchev–Trinajstić information content (AvgIpc) is 2.77. The van der Waals surface area contributed by atoms with Crippen LogP contribution in [0.5, 0.6) is 0 Å². The molecule has 1 saturated heterocycles. The first-order valence-electron chi connectivity index (χ1n) is 7.12. The van der Waals surface area contributed by atoms with Crippen LogP contribution < -0.4 is 5.32 Å². The van der Waals surface area contributed by atoms with E-state index in [9.17, 15) is 0 Å². The number of imidazole rings is 1. The number of hydrogen-bond acceptors (Lipinski definition) is 3. The fraction of sp³-hybridized carbons (Fsp3) is 0.533. The second kappa shape index (κ2) is 5.96. The molecule has 5 heteroatoms. The van der Waals surface area contributed by atoms with Crippen LogP contribution in [0, 0.1) is 0 Å². The van der Waals surface area contributed by atoms with Crippen LogP contribution in [0.1, 0.15) is 25.7 Å². The summed E-state index contributed by atoms with van der Waals surface area (Å²) in [6, 6.07) is 6.88. The van der Waals surface area contributed by atoms with Gasteiger partial charge in [0.15, 0.2) is 0 Å². The SMILES string of the molecule is CC(C)n1c(CC2CSCCN2)nc2ccc(Cl)cc21. The molecule has 1 aromatic heterocycles. The molecule has 0 saturated carbocycles. The van der Waals surface area contributed by atoms with Gasteiger partial charge in [0, 0.05) is 41.6 Å². The maximum Gasteiger partial charge on any atom is 0.111 e. The van der Waals surface area contributed by atoms with Crippen molar-refractivity contribution in [3.05, 3.63) is 29.0 Å². The van der Waals surface area contributed by atoms with Gasteiger partial charge in [0.2, 0.25) is 0 Å². The number of rotatable bonds is 3. The summed E-state index contributed by atoms with van der Waals surface area (Å²) < 4.78 is 2.32. The Hall–Kier alpha value is -0.710. The van der Waals surface area contributed by atoms with Gasteiger partial charge in [-0.25, -0.2) is 4.98 Å². The normalized spacial score (nSPS) is 19.9. The second-order valence-corrected chi connectivity index (χ2v) is 7.14. The first-order chi connectivity index (χ1) is 9.65. The fourth-order valence-electron chi connectivity index (χ4n) is 2.81. The summed E-state index contributed by atoms with van der Waals surface area (Å²) >= 11 is 8.16. The van der Waals surface area contributed by atoms with Crippen LogP contribution in [0.15, 0.2) is 18.2 Å². The van der Waals surface area contributed by atoms with Gasteiger partial charge >= 0.3 is 0 Å². The van der Waals surface area contributed by atoms with Gasteiger partial charge < -0.3 is 9.88 Å². The third-order valence-corrected chi connectivity index (χ3v) is 5.03. The molecular weight excluding hydrogens is 290 g/mol. The zero-order chi connectivity index (χ0) is 14.1. The van der Waals surface area contributed by atoms with Crippen LogP contribution in [0.2, 0.25) is 5.02 Å². The lowest BCUT2D eigenvalue weighted by Crippen LogP contribution is -2.39. The highest BCUT2D eigenvalue weighted by Gasteiger charge is 2.19. The number of nitrogens with zero attached hydrogens (tertiary/aromatic N) is 2. The van der Waals surface area contributed by atoms with E-state index in [1.54, 1.807) is 0 Å². The van der Waals surface area contributed by atoms with E-state index in [1.807, 2.05) is 30.0 Å².